The number of H-pyrrole nitrogens is 1. The maximum atomic E-state index is 13.8. The molecule has 0 aliphatic carbocycles. The van der Waals surface area contributed by atoms with Crippen LogP contribution in [0, 0.1) is 0 Å². The first kappa shape index (κ1) is 26.5. The highest BCUT2D eigenvalue weighted by Crippen LogP contribution is 2.44. The van der Waals surface area contributed by atoms with Gasteiger partial charge < -0.3 is 19.1 Å². The van der Waals surface area contributed by atoms with Gasteiger partial charge in [0.2, 0.25) is 0 Å². The molecule has 0 saturated heterocycles. The molecule has 1 amide bonds. The summed E-state index contributed by atoms with van der Waals surface area (Å²) in [4.78, 5) is 15.7. The standard InChI is InChI=1S/C33H28ClN3O4/c1-39-25-13-7-21(8-14-25)19-37-32(23-11-17-27(18-12-23)41-20-24-5-3-4-6-28(24)34)29-30(35-36-31(29)33(37)38)22-9-15-26(40-2)16-10-22/h3-18,32H,19-20H2,1-2H3,(H,35,36). The Balaban J connectivity index is 1.34. The molecule has 1 aliphatic rings. The Morgan fingerprint density at radius 3 is 2.12 bits per heavy atom. The molecule has 1 unspecified atom stereocenters. The summed E-state index contributed by atoms with van der Waals surface area (Å²) in [5.74, 6) is 2.12. The number of methoxy groups -OCH3 is 2. The number of aromatic amines is 1. The Morgan fingerprint density at radius 1 is 0.829 bits per heavy atom. The van der Waals surface area contributed by atoms with Crippen LogP contribution >= 0.6 is 11.6 Å². The molecule has 1 atom stereocenters. The van der Waals surface area contributed by atoms with Gasteiger partial charge in [-0.15, -0.1) is 0 Å². The molecule has 5 aromatic rings. The van der Waals surface area contributed by atoms with E-state index >= 15 is 0 Å². The lowest BCUT2D eigenvalue weighted by atomic mass is 9.95. The fourth-order valence-corrected chi connectivity index (χ4v) is 5.32. The van der Waals surface area contributed by atoms with Crippen LogP contribution in [0.25, 0.3) is 11.3 Å². The number of rotatable bonds is 9. The number of halogens is 1. The molecule has 0 fully saturated rings. The first-order valence-electron chi connectivity index (χ1n) is 13.2. The smallest absolute Gasteiger partial charge is 0.273 e. The van der Waals surface area contributed by atoms with E-state index in [9.17, 15) is 4.79 Å². The number of amides is 1. The fourth-order valence-electron chi connectivity index (χ4n) is 5.13. The van der Waals surface area contributed by atoms with Crippen molar-refractivity contribution in [3.63, 3.8) is 0 Å². The van der Waals surface area contributed by atoms with E-state index < -0.39 is 0 Å². The zero-order valence-electron chi connectivity index (χ0n) is 22.6. The third kappa shape index (κ3) is 5.24. The maximum Gasteiger partial charge on any atom is 0.273 e. The Bertz CT molecular complexity index is 1660. The highest BCUT2D eigenvalue weighted by molar-refractivity contribution is 6.31. The Labute approximate surface area is 243 Å². The Kier molecular flexibility index (Phi) is 7.35. The highest BCUT2D eigenvalue weighted by atomic mass is 35.5. The molecule has 2 heterocycles. The minimum absolute atomic E-state index is 0.105. The van der Waals surface area contributed by atoms with Gasteiger partial charge in [0.15, 0.2) is 0 Å². The van der Waals surface area contributed by atoms with Crippen LogP contribution in [0.4, 0.5) is 0 Å². The summed E-state index contributed by atoms with van der Waals surface area (Å²) < 4.78 is 16.7. The van der Waals surface area contributed by atoms with Gasteiger partial charge in [0.1, 0.15) is 29.5 Å². The summed E-state index contributed by atoms with van der Waals surface area (Å²) in [5, 5.41) is 8.27. The summed E-state index contributed by atoms with van der Waals surface area (Å²) >= 11 is 6.29. The molecule has 8 heteroatoms. The van der Waals surface area contributed by atoms with Gasteiger partial charge in [0.05, 0.1) is 26.0 Å². The number of carbonyl (C=O) groups is 1. The first-order chi connectivity index (χ1) is 20.1. The molecule has 7 nitrogen and oxygen atoms in total. The van der Waals surface area contributed by atoms with Crippen LogP contribution in [0.2, 0.25) is 5.02 Å². The third-order valence-corrected chi connectivity index (χ3v) is 7.66. The molecule has 1 N–H and O–H groups in total. The van der Waals surface area contributed by atoms with Crippen molar-refractivity contribution < 1.29 is 19.0 Å². The number of nitrogens with zero attached hydrogens (tertiary/aromatic N) is 2. The number of benzene rings is 4. The number of aromatic nitrogens is 2. The normalized spacial score (nSPS) is 14.2. The Hall–Kier alpha value is -4.75. The zero-order valence-corrected chi connectivity index (χ0v) is 23.4. The number of ether oxygens (including phenoxy) is 3. The summed E-state index contributed by atoms with van der Waals surface area (Å²) in [7, 11) is 3.27. The molecule has 1 aromatic heterocycles. The van der Waals surface area contributed by atoms with Crippen molar-refractivity contribution in [2.24, 2.45) is 0 Å². The Morgan fingerprint density at radius 2 is 1.46 bits per heavy atom. The molecule has 1 aliphatic heterocycles. The summed E-state index contributed by atoms with van der Waals surface area (Å²) in [6.07, 6.45) is 0. The monoisotopic (exact) mass is 565 g/mol. The van der Waals surface area contributed by atoms with E-state index in [0.717, 1.165) is 45.0 Å². The molecule has 0 radical (unpaired) electrons. The van der Waals surface area contributed by atoms with Gasteiger partial charge in [-0.3, -0.25) is 9.89 Å². The molecule has 0 saturated carbocycles. The van der Waals surface area contributed by atoms with Gasteiger partial charge in [-0.05, 0) is 65.7 Å². The van der Waals surface area contributed by atoms with Crippen LogP contribution in [0.3, 0.4) is 0 Å². The quantitative estimate of drug-likeness (QED) is 0.207. The van der Waals surface area contributed by atoms with Gasteiger partial charge in [0, 0.05) is 28.3 Å². The van der Waals surface area contributed by atoms with Crippen LogP contribution < -0.4 is 14.2 Å². The zero-order chi connectivity index (χ0) is 28.3. The van der Waals surface area contributed by atoms with Crippen molar-refractivity contribution in [1.29, 1.82) is 0 Å². The molecule has 4 aromatic carbocycles. The van der Waals surface area contributed by atoms with Crippen molar-refractivity contribution in [1.82, 2.24) is 15.1 Å². The number of hydrogen-bond acceptors (Lipinski definition) is 5. The van der Waals surface area contributed by atoms with E-state index in [1.54, 1.807) is 14.2 Å². The highest BCUT2D eigenvalue weighted by Gasteiger charge is 2.42. The SMILES string of the molecule is COc1ccc(CN2C(=O)c3[nH]nc(-c4ccc(OC)cc4)c3C2c2ccc(OCc3ccccc3Cl)cc2)cc1. The molecule has 206 valence electrons. The largest absolute Gasteiger partial charge is 0.497 e. The van der Waals surface area contributed by atoms with Crippen molar-refractivity contribution >= 4 is 17.5 Å². The van der Waals surface area contributed by atoms with E-state index in [2.05, 4.69) is 10.2 Å². The van der Waals surface area contributed by atoms with E-state index in [4.69, 9.17) is 25.8 Å². The van der Waals surface area contributed by atoms with Gasteiger partial charge in [-0.1, -0.05) is 54.1 Å². The van der Waals surface area contributed by atoms with Crippen molar-refractivity contribution in [2.75, 3.05) is 14.2 Å². The van der Waals surface area contributed by atoms with E-state index in [1.807, 2.05) is 102 Å². The lowest BCUT2D eigenvalue weighted by Crippen LogP contribution is -2.29. The number of hydrogen-bond donors (Lipinski definition) is 1. The second-order valence-electron chi connectivity index (χ2n) is 9.72. The summed E-state index contributed by atoms with van der Waals surface area (Å²) in [5.41, 5.74) is 5.83. The number of nitrogens with one attached hydrogen (secondary N) is 1. The average molecular weight is 566 g/mol. The van der Waals surface area contributed by atoms with Crippen LogP contribution in [0.5, 0.6) is 17.2 Å². The molecule has 0 spiro atoms. The summed E-state index contributed by atoms with van der Waals surface area (Å²) in [6, 6.07) is 30.6. The molecular weight excluding hydrogens is 538 g/mol. The fraction of sp³-hybridized carbons (Fsp3) is 0.152. The summed E-state index contributed by atoms with van der Waals surface area (Å²) in [6.45, 7) is 0.779. The second kappa shape index (κ2) is 11.4. The molecule has 0 bridgehead atoms. The molecule has 41 heavy (non-hydrogen) atoms. The molecule has 6 rings (SSSR count). The number of fused-ring (bicyclic) bond motifs is 1. The lowest BCUT2D eigenvalue weighted by molar-refractivity contribution is 0.0730. The first-order valence-corrected chi connectivity index (χ1v) is 13.6. The van der Waals surface area contributed by atoms with Crippen molar-refractivity contribution in [3.8, 4) is 28.5 Å². The minimum atomic E-state index is -0.354. The topological polar surface area (TPSA) is 76.7 Å². The van der Waals surface area contributed by atoms with Crippen LogP contribution in [-0.2, 0) is 13.2 Å². The van der Waals surface area contributed by atoms with Crippen molar-refractivity contribution in [3.05, 3.63) is 130 Å². The van der Waals surface area contributed by atoms with Gasteiger partial charge in [-0.2, -0.15) is 5.10 Å². The van der Waals surface area contributed by atoms with E-state index in [1.165, 1.54) is 0 Å². The average Bonchev–Trinajstić information content (AvgIpc) is 3.56. The predicted molar refractivity (Wildman–Crippen MR) is 158 cm³/mol. The minimum Gasteiger partial charge on any atom is -0.497 e. The van der Waals surface area contributed by atoms with Gasteiger partial charge in [0.25, 0.3) is 5.91 Å². The van der Waals surface area contributed by atoms with Crippen LogP contribution in [-0.4, -0.2) is 35.2 Å². The maximum absolute atomic E-state index is 13.8. The van der Waals surface area contributed by atoms with Crippen molar-refractivity contribution in [2.45, 2.75) is 19.2 Å². The van der Waals surface area contributed by atoms with E-state index in [-0.39, 0.29) is 11.9 Å². The van der Waals surface area contributed by atoms with Gasteiger partial charge in [-0.25, -0.2) is 0 Å². The van der Waals surface area contributed by atoms with E-state index in [0.29, 0.717) is 29.6 Å². The molecular formula is C33H28ClN3O4. The van der Waals surface area contributed by atoms with Crippen LogP contribution in [0.15, 0.2) is 97.1 Å². The second-order valence-corrected chi connectivity index (χ2v) is 10.1. The van der Waals surface area contributed by atoms with Crippen LogP contribution in [0.1, 0.15) is 38.8 Å². The third-order valence-electron chi connectivity index (χ3n) is 7.29. The predicted octanol–water partition coefficient (Wildman–Crippen LogP) is 7.07. The number of carbonyl (C=O) groups excluding carboxylic acids is 1. The van der Waals surface area contributed by atoms with Gasteiger partial charge >= 0.3 is 0 Å². The lowest BCUT2D eigenvalue weighted by Gasteiger charge is -2.27.